The normalized spacial score (nSPS) is 13.6. The zero-order valence-electron chi connectivity index (χ0n) is 15.2. The van der Waals surface area contributed by atoms with Crippen molar-refractivity contribution >= 4 is 22.8 Å². The monoisotopic (exact) mass is 371 g/mol. The maximum absolute atomic E-state index is 12.1. The summed E-state index contributed by atoms with van der Waals surface area (Å²) in [6, 6.07) is 9.60. The van der Waals surface area contributed by atoms with Crippen molar-refractivity contribution in [3.63, 3.8) is 0 Å². The smallest absolute Gasteiger partial charge is 0.230 e. The van der Waals surface area contributed by atoms with Crippen molar-refractivity contribution in [1.82, 2.24) is 19.9 Å². The highest BCUT2D eigenvalue weighted by atomic mass is 16.3. The van der Waals surface area contributed by atoms with Gasteiger partial charge in [-0.25, -0.2) is 19.9 Å². The molecular formula is C21H17N5O2. The zero-order chi connectivity index (χ0) is 19.1. The molecule has 1 aliphatic carbocycles. The van der Waals surface area contributed by atoms with E-state index in [1.807, 2.05) is 37.3 Å². The van der Waals surface area contributed by atoms with Crippen LogP contribution in [0.25, 0.3) is 33.5 Å². The molecule has 0 aliphatic heterocycles. The van der Waals surface area contributed by atoms with Gasteiger partial charge >= 0.3 is 0 Å². The third-order valence-corrected chi connectivity index (χ3v) is 4.87. The van der Waals surface area contributed by atoms with Crippen LogP contribution in [0.4, 0.5) is 5.95 Å². The molecule has 7 nitrogen and oxygen atoms in total. The van der Waals surface area contributed by atoms with Gasteiger partial charge in [0.2, 0.25) is 11.9 Å². The first-order valence-electron chi connectivity index (χ1n) is 9.12. The van der Waals surface area contributed by atoms with Gasteiger partial charge in [0, 0.05) is 28.8 Å². The summed E-state index contributed by atoms with van der Waals surface area (Å²) in [7, 11) is 0. The van der Waals surface area contributed by atoms with Gasteiger partial charge in [0.05, 0.1) is 11.8 Å². The summed E-state index contributed by atoms with van der Waals surface area (Å²) in [5, 5.41) is 3.77. The molecule has 5 rings (SSSR count). The van der Waals surface area contributed by atoms with Crippen LogP contribution in [0.15, 0.2) is 53.5 Å². The Kier molecular flexibility index (Phi) is 3.86. The quantitative estimate of drug-likeness (QED) is 0.583. The standard InChI is InChI=1S/C21H17N5O2/c1-12-15-9-14(6-7-17(15)24-11-23-12)16-10-22-21(26-20(27)13-4-5-13)25-19(16)18-3-2-8-28-18/h2-3,6-11,13H,4-5H2,1H3,(H,22,25,26,27). The summed E-state index contributed by atoms with van der Waals surface area (Å²) in [6.45, 7) is 1.95. The third-order valence-electron chi connectivity index (χ3n) is 4.87. The van der Waals surface area contributed by atoms with E-state index in [1.165, 1.54) is 0 Å². The van der Waals surface area contributed by atoms with Gasteiger partial charge in [-0.1, -0.05) is 6.07 Å². The van der Waals surface area contributed by atoms with Gasteiger partial charge in [-0.15, -0.1) is 0 Å². The van der Waals surface area contributed by atoms with Crippen molar-refractivity contribution in [3.8, 4) is 22.6 Å². The molecule has 1 amide bonds. The van der Waals surface area contributed by atoms with Crippen LogP contribution in [0, 0.1) is 12.8 Å². The minimum Gasteiger partial charge on any atom is -0.463 e. The van der Waals surface area contributed by atoms with Crippen LogP contribution < -0.4 is 5.32 Å². The van der Waals surface area contributed by atoms with Crippen molar-refractivity contribution in [2.75, 3.05) is 5.32 Å². The number of hydrogen-bond acceptors (Lipinski definition) is 6. The molecule has 0 bridgehead atoms. The number of amides is 1. The predicted molar refractivity (Wildman–Crippen MR) is 104 cm³/mol. The Hall–Kier alpha value is -3.61. The fraction of sp³-hybridized carbons (Fsp3) is 0.190. The minimum absolute atomic E-state index is 0.0309. The SMILES string of the molecule is Cc1ncnc2ccc(-c3cnc(NC(=O)C4CC4)nc3-c3ccco3)cc12. The van der Waals surface area contributed by atoms with Crippen molar-refractivity contribution in [3.05, 3.63) is 54.8 Å². The van der Waals surface area contributed by atoms with E-state index in [2.05, 4.69) is 25.3 Å². The van der Waals surface area contributed by atoms with E-state index < -0.39 is 0 Å². The van der Waals surface area contributed by atoms with Crippen molar-refractivity contribution in [1.29, 1.82) is 0 Å². The number of carbonyl (C=O) groups excluding carboxylic acids is 1. The van der Waals surface area contributed by atoms with Crippen molar-refractivity contribution in [2.45, 2.75) is 19.8 Å². The molecule has 3 aromatic heterocycles. The van der Waals surface area contributed by atoms with Gasteiger partial charge < -0.3 is 4.42 Å². The molecule has 1 saturated carbocycles. The topological polar surface area (TPSA) is 93.8 Å². The van der Waals surface area contributed by atoms with E-state index in [4.69, 9.17) is 4.42 Å². The van der Waals surface area contributed by atoms with E-state index in [-0.39, 0.29) is 17.8 Å². The highest BCUT2D eigenvalue weighted by Gasteiger charge is 2.30. The lowest BCUT2D eigenvalue weighted by atomic mass is 10.0. The fourth-order valence-electron chi connectivity index (χ4n) is 3.17. The van der Waals surface area contributed by atoms with E-state index in [0.29, 0.717) is 11.5 Å². The maximum atomic E-state index is 12.1. The molecule has 0 atom stereocenters. The average Bonchev–Trinajstić information content (AvgIpc) is 3.43. The Labute approximate surface area is 160 Å². The van der Waals surface area contributed by atoms with Crippen molar-refractivity contribution in [2.24, 2.45) is 5.92 Å². The molecule has 0 saturated heterocycles. The lowest BCUT2D eigenvalue weighted by molar-refractivity contribution is -0.117. The average molecular weight is 371 g/mol. The largest absolute Gasteiger partial charge is 0.463 e. The molecule has 1 aromatic carbocycles. The van der Waals surface area contributed by atoms with Crippen LogP contribution in [0.5, 0.6) is 0 Å². The molecule has 1 fully saturated rings. The van der Waals surface area contributed by atoms with Crippen molar-refractivity contribution < 1.29 is 9.21 Å². The van der Waals surface area contributed by atoms with Crippen LogP contribution in [0.2, 0.25) is 0 Å². The number of anilines is 1. The summed E-state index contributed by atoms with van der Waals surface area (Å²) in [6.07, 6.45) is 6.72. The molecule has 4 aromatic rings. The molecule has 0 spiro atoms. The minimum atomic E-state index is -0.0309. The number of hydrogen-bond donors (Lipinski definition) is 1. The van der Waals surface area contributed by atoms with Gasteiger partial charge in [0.25, 0.3) is 0 Å². The Morgan fingerprint density at radius 3 is 2.86 bits per heavy atom. The molecule has 0 radical (unpaired) electrons. The lowest BCUT2D eigenvalue weighted by Crippen LogP contribution is -2.15. The summed E-state index contributed by atoms with van der Waals surface area (Å²) in [4.78, 5) is 29.6. The fourth-order valence-corrected chi connectivity index (χ4v) is 3.17. The molecule has 1 aliphatic rings. The van der Waals surface area contributed by atoms with E-state index in [9.17, 15) is 4.79 Å². The number of benzene rings is 1. The molecule has 3 heterocycles. The summed E-state index contributed by atoms with van der Waals surface area (Å²) in [5.41, 5.74) is 4.15. The molecule has 1 N–H and O–H groups in total. The first-order chi connectivity index (χ1) is 13.7. The second-order valence-electron chi connectivity index (χ2n) is 6.89. The van der Waals surface area contributed by atoms with Crippen LogP contribution in [-0.4, -0.2) is 25.8 Å². The number of nitrogens with zero attached hydrogens (tertiary/aromatic N) is 4. The number of aryl methyl sites for hydroxylation is 1. The van der Waals surface area contributed by atoms with E-state index in [1.54, 1.807) is 18.8 Å². The Bertz CT molecular complexity index is 1180. The number of fused-ring (bicyclic) bond motifs is 1. The molecule has 7 heteroatoms. The highest BCUT2D eigenvalue weighted by molar-refractivity contribution is 5.93. The van der Waals surface area contributed by atoms with Gasteiger partial charge in [-0.05, 0) is 49.6 Å². The Morgan fingerprint density at radius 2 is 2.07 bits per heavy atom. The second-order valence-corrected chi connectivity index (χ2v) is 6.89. The van der Waals surface area contributed by atoms with E-state index in [0.717, 1.165) is 40.6 Å². The highest BCUT2D eigenvalue weighted by Crippen LogP contribution is 2.34. The Morgan fingerprint density at radius 1 is 1.18 bits per heavy atom. The van der Waals surface area contributed by atoms with Crippen LogP contribution in [0.1, 0.15) is 18.5 Å². The number of carbonyl (C=O) groups is 1. The first kappa shape index (κ1) is 16.6. The Balaban J connectivity index is 1.62. The molecule has 28 heavy (non-hydrogen) atoms. The van der Waals surface area contributed by atoms with Crippen LogP contribution in [0.3, 0.4) is 0 Å². The van der Waals surface area contributed by atoms with Gasteiger partial charge in [0.15, 0.2) is 5.76 Å². The van der Waals surface area contributed by atoms with E-state index >= 15 is 0 Å². The predicted octanol–water partition coefficient (Wildman–Crippen LogP) is 4.00. The molecule has 0 unspecified atom stereocenters. The van der Waals surface area contributed by atoms with Crippen LogP contribution >= 0.6 is 0 Å². The molecular weight excluding hydrogens is 354 g/mol. The number of nitrogens with one attached hydrogen (secondary N) is 1. The lowest BCUT2D eigenvalue weighted by Gasteiger charge is -2.11. The van der Waals surface area contributed by atoms with Gasteiger partial charge in [-0.3, -0.25) is 10.1 Å². The third kappa shape index (κ3) is 3.00. The number of furan rings is 1. The van der Waals surface area contributed by atoms with Gasteiger partial charge in [0.1, 0.15) is 12.0 Å². The zero-order valence-corrected chi connectivity index (χ0v) is 15.2. The summed E-state index contributed by atoms with van der Waals surface area (Å²) < 4.78 is 5.59. The summed E-state index contributed by atoms with van der Waals surface area (Å²) >= 11 is 0. The number of rotatable bonds is 4. The maximum Gasteiger partial charge on any atom is 0.230 e. The first-order valence-corrected chi connectivity index (χ1v) is 9.12. The second kappa shape index (κ2) is 6.53. The molecule has 138 valence electrons. The van der Waals surface area contributed by atoms with Crippen LogP contribution in [-0.2, 0) is 4.79 Å². The van der Waals surface area contributed by atoms with Gasteiger partial charge in [-0.2, -0.15) is 0 Å². The summed E-state index contributed by atoms with van der Waals surface area (Å²) in [5.74, 6) is 0.947. The number of aromatic nitrogens is 4.